The summed E-state index contributed by atoms with van der Waals surface area (Å²) in [5, 5.41) is 0. The van der Waals surface area contributed by atoms with Gasteiger partial charge in [0, 0.05) is 17.6 Å². The number of rotatable bonds is 9. The molecule has 3 rings (SSSR count). The van der Waals surface area contributed by atoms with Gasteiger partial charge >= 0.3 is 6.09 Å². The van der Waals surface area contributed by atoms with Crippen LogP contribution in [0.15, 0.2) is 22.7 Å². The van der Waals surface area contributed by atoms with Crippen molar-refractivity contribution in [3.63, 3.8) is 0 Å². The zero-order chi connectivity index (χ0) is 19.9. The molecule has 1 aromatic rings. The summed E-state index contributed by atoms with van der Waals surface area (Å²) in [6, 6.07) is 6.30. The van der Waals surface area contributed by atoms with Crippen molar-refractivity contribution in [3.05, 3.63) is 28.2 Å². The van der Waals surface area contributed by atoms with E-state index in [1.54, 1.807) is 0 Å². The number of ether oxygens (including phenoxy) is 2. The van der Waals surface area contributed by atoms with Crippen LogP contribution in [-0.2, 0) is 11.2 Å². The second-order valence-corrected chi connectivity index (χ2v) is 8.77. The highest BCUT2D eigenvalue weighted by molar-refractivity contribution is 9.10. The van der Waals surface area contributed by atoms with E-state index in [1.165, 1.54) is 22.9 Å². The van der Waals surface area contributed by atoms with E-state index in [2.05, 4.69) is 39.9 Å². The van der Waals surface area contributed by atoms with Crippen molar-refractivity contribution in [2.75, 3.05) is 39.3 Å². The fourth-order valence-corrected chi connectivity index (χ4v) is 4.60. The molecule has 1 atom stereocenters. The molecule has 2 aliphatic rings. The molecule has 0 bridgehead atoms. The van der Waals surface area contributed by atoms with Gasteiger partial charge in [-0.05, 0) is 81.8 Å². The molecular weight excluding hydrogens is 420 g/mol. The second kappa shape index (κ2) is 10.5. The number of cyclic esters (lactones) is 1. The van der Waals surface area contributed by atoms with Crippen molar-refractivity contribution < 1.29 is 14.3 Å². The number of likely N-dealkylation sites (tertiary alicyclic amines) is 1. The van der Waals surface area contributed by atoms with Gasteiger partial charge in [-0.25, -0.2) is 4.79 Å². The molecule has 2 aliphatic heterocycles. The standard InChI is InChI=1S/C22H33BrN2O3/c1-3-10-25-16-20(28-22(25)26)9-13-24-11-7-17(8-12-24)14-18-15-19(27-4-2)5-6-21(18)23/h5-6,15,17,20H,3-4,7-14,16H2,1-2H3. The summed E-state index contributed by atoms with van der Waals surface area (Å²) in [6.07, 6.45) is 5.40. The maximum absolute atomic E-state index is 11.8. The normalized spacial score (nSPS) is 21.2. The fraction of sp³-hybridized carbons (Fsp3) is 0.682. The van der Waals surface area contributed by atoms with Crippen LogP contribution in [0.4, 0.5) is 4.79 Å². The van der Waals surface area contributed by atoms with Crippen LogP contribution < -0.4 is 4.74 Å². The lowest BCUT2D eigenvalue weighted by Gasteiger charge is -2.32. The van der Waals surface area contributed by atoms with Gasteiger partial charge in [-0.2, -0.15) is 0 Å². The summed E-state index contributed by atoms with van der Waals surface area (Å²) in [5.41, 5.74) is 1.35. The highest BCUT2D eigenvalue weighted by atomic mass is 79.9. The monoisotopic (exact) mass is 452 g/mol. The minimum absolute atomic E-state index is 0.0639. The molecule has 1 unspecified atom stereocenters. The summed E-state index contributed by atoms with van der Waals surface area (Å²) >= 11 is 3.69. The van der Waals surface area contributed by atoms with Crippen molar-refractivity contribution in [2.45, 2.75) is 52.1 Å². The summed E-state index contributed by atoms with van der Waals surface area (Å²) in [6.45, 7) is 9.66. The van der Waals surface area contributed by atoms with E-state index in [4.69, 9.17) is 9.47 Å². The van der Waals surface area contributed by atoms with E-state index in [0.717, 1.165) is 57.7 Å². The van der Waals surface area contributed by atoms with Gasteiger partial charge in [0.2, 0.25) is 0 Å². The van der Waals surface area contributed by atoms with Gasteiger partial charge in [-0.15, -0.1) is 0 Å². The first kappa shape index (κ1) is 21.4. The first-order valence-electron chi connectivity index (χ1n) is 10.7. The predicted octanol–water partition coefficient (Wildman–Crippen LogP) is 4.72. The smallest absolute Gasteiger partial charge is 0.410 e. The molecule has 0 aliphatic carbocycles. The van der Waals surface area contributed by atoms with Crippen LogP contribution in [0.5, 0.6) is 5.75 Å². The molecule has 2 saturated heterocycles. The highest BCUT2D eigenvalue weighted by Crippen LogP contribution is 2.29. The third kappa shape index (κ3) is 5.86. The second-order valence-electron chi connectivity index (χ2n) is 7.92. The van der Waals surface area contributed by atoms with Gasteiger partial charge in [0.15, 0.2) is 0 Å². The molecule has 0 N–H and O–H groups in total. The van der Waals surface area contributed by atoms with Crippen LogP contribution in [0.2, 0.25) is 0 Å². The molecule has 1 aromatic carbocycles. The summed E-state index contributed by atoms with van der Waals surface area (Å²) in [7, 11) is 0. The van der Waals surface area contributed by atoms with Gasteiger partial charge in [-0.3, -0.25) is 0 Å². The number of benzene rings is 1. The van der Waals surface area contributed by atoms with E-state index in [9.17, 15) is 4.79 Å². The average Bonchev–Trinajstić information content (AvgIpc) is 3.04. The van der Waals surface area contributed by atoms with Crippen molar-refractivity contribution >= 4 is 22.0 Å². The molecule has 2 heterocycles. The minimum Gasteiger partial charge on any atom is -0.494 e. The zero-order valence-electron chi connectivity index (χ0n) is 17.2. The molecule has 2 fully saturated rings. The molecule has 156 valence electrons. The number of hydrogen-bond acceptors (Lipinski definition) is 4. The Hall–Kier alpha value is -1.27. The third-order valence-corrected chi connectivity index (χ3v) is 6.53. The molecule has 5 nitrogen and oxygen atoms in total. The first-order chi connectivity index (χ1) is 13.6. The first-order valence-corrected chi connectivity index (χ1v) is 11.5. The Morgan fingerprint density at radius 3 is 2.71 bits per heavy atom. The number of nitrogens with zero attached hydrogens (tertiary/aromatic N) is 2. The van der Waals surface area contributed by atoms with Crippen LogP contribution in [0.25, 0.3) is 0 Å². The predicted molar refractivity (Wildman–Crippen MR) is 115 cm³/mol. The van der Waals surface area contributed by atoms with Crippen LogP contribution in [-0.4, -0.2) is 61.3 Å². The number of piperidine rings is 1. The van der Waals surface area contributed by atoms with Crippen molar-refractivity contribution in [1.82, 2.24) is 9.80 Å². The molecule has 6 heteroatoms. The van der Waals surface area contributed by atoms with E-state index in [1.807, 2.05) is 17.9 Å². The molecule has 0 spiro atoms. The molecular formula is C22H33BrN2O3. The molecule has 28 heavy (non-hydrogen) atoms. The lowest BCUT2D eigenvalue weighted by molar-refractivity contribution is 0.113. The number of carbonyl (C=O) groups is 1. The quantitative estimate of drug-likeness (QED) is 0.543. The largest absolute Gasteiger partial charge is 0.494 e. The Kier molecular flexibility index (Phi) is 8.03. The molecule has 1 amide bonds. The maximum Gasteiger partial charge on any atom is 0.410 e. The Morgan fingerprint density at radius 2 is 2.00 bits per heavy atom. The van der Waals surface area contributed by atoms with E-state index in [0.29, 0.717) is 12.5 Å². The Morgan fingerprint density at radius 1 is 1.21 bits per heavy atom. The highest BCUT2D eigenvalue weighted by Gasteiger charge is 2.31. The topological polar surface area (TPSA) is 42.0 Å². The molecule has 0 radical (unpaired) electrons. The molecule has 0 aromatic heterocycles. The van der Waals surface area contributed by atoms with Crippen molar-refractivity contribution in [2.24, 2.45) is 5.92 Å². The van der Waals surface area contributed by atoms with Gasteiger partial charge in [0.05, 0.1) is 13.2 Å². The van der Waals surface area contributed by atoms with Gasteiger partial charge in [0.25, 0.3) is 0 Å². The van der Waals surface area contributed by atoms with Crippen LogP contribution in [0, 0.1) is 5.92 Å². The minimum atomic E-state index is -0.134. The Balaban J connectivity index is 1.40. The fourth-order valence-electron chi connectivity index (χ4n) is 4.19. The molecule has 0 saturated carbocycles. The number of halogens is 1. The van der Waals surface area contributed by atoms with Crippen molar-refractivity contribution in [3.8, 4) is 5.75 Å². The van der Waals surface area contributed by atoms with Gasteiger partial charge < -0.3 is 19.3 Å². The van der Waals surface area contributed by atoms with Crippen LogP contribution in [0.3, 0.4) is 0 Å². The summed E-state index contributed by atoms with van der Waals surface area (Å²) < 4.78 is 12.3. The lowest BCUT2D eigenvalue weighted by atomic mass is 9.90. The Bertz CT molecular complexity index is 647. The van der Waals surface area contributed by atoms with E-state index < -0.39 is 0 Å². The van der Waals surface area contributed by atoms with Crippen molar-refractivity contribution in [1.29, 1.82) is 0 Å². The number of carbonyl (C=O) groups excluding carboxylic acids is 1. The van der Waals surface area contributed by atoms with E-state index in [-0.39, 0.29) is 12.2 Å². The summed E-state index contributed by atoms with van der Waals surface area (Å²) in [4.78, 5) is 16.2. The average molecular weight is 453 g/mol. The van der Waals surface area contributed by atoms with Crippen LogP contribution >= 0.6 is 15.9 Å². The number of hydrogen-bond donors (Lipinski definition) is 0. The zero-order valence-corrected chi connectivity index (χ0v) is 18.7. The maximum atomic E-state index is 11.8. The SMILES string of the molecule is CCCN1CC(CCN2CCC(Cc3cc(OCC)ccc3Br)CC2)OC1=O. The summed E-state index contributed by atoms with van der Waals surface area (Å²) in [5.74, 6) is 1.68. The van der Waals surface area contributed by atoms with Gasteiger partial charge in [-0.1, -0.05) is 22.9 Å². The third-order valence-electron chi connectivity index (χ3n) is 5.75. The van der Waals surface area contributed by atoms with E-state index >= 15 is 0 Å². The Labute approximate surface area is 177 Å². The number of amides is 1. The van der Waals surface area contributed by atoms with Gasteiger partial charge in [0.1, 0.15) is 11.9 Å². The van der Waals surface area contributed by atoms with Crippen LogP contribution in [0.1, 0.15) is 45.1 Å². The lowest BCUT2D eigenvalue weighted by Crippen LogP contribution is -2.36.